The van der Waals surface area contributed by atoms with Gasteiger partial charge in [-0.1, -0.05) is 6.07 Å². The van der Waals surface area contributed by atoms with Gasteiger partial charge in [-0.05, 0) is 56.5 Å². The SMILES string of the molecule is CCOC(=O)c1cc2c(=O)n3cccc(C)c3nc2n(C[C@H]2CCCO2)c1=NC(=O)c1ccncc1. The minimum absolute atomic E-state index is 0.0104. The third-order valence-electron chi connectivity index (χ3n) is 6.15. The van der Waals surface area contributed by atoms with Gasteiger partial charge in [0.15, 0.2) is 5.49 Å². The van der Waals surface area contributed by atoms with E-state index in [-0.39, 0.29) is 41.3 Å². The van der Waals surface area contributed by atoms with Gasteiger partial charge in [0.2, 0.25) is 0 Å². The minimum Gasteiger partial charge on any atom is -0.462 e. The van der Waals surface area contributed by atoms with E-state index in [0.29, 0.717) is 23.5 Å². The average molecular weight is 488 g/mol. The fraction of sp³-hybridized carbons (Fsp3) is 0.308. The van der Waals surface area contributed by atoms with E-state index in [1.165, 1.54) is 22.9 Å². The van der Waals surface area contributed by atoms with E-state index in [1.54, 1.807) is 35.9 Å². The Morgan fingerprint density at radius 2 is 2.03 bits per heavy atom. The van der Waals surface area contributed by atoms with Crippen LogP contribution in [0.1, 0.15) is 46.0 Å². The van der Waals surface area contributed by atoms with Crippen LogP contribution >= 0.6 is 0 Å². The predicted octanol–water partition coefficient (Wildman–Crippen LogP) is 2.45. The smallest absolute Gasteiger partial charge is 0.341 e. The highest BCUT2D eigenvalue weighted by Gasteiger charge is 2.24. The lowest BCUT2D eigenvalue weighted by Crippen LogP contribution is -2.35. The predicted molar refractivity (Wildman–Crippen MR) is 131 cm³/mol. The molecule has 0 unspecified atom stereocenters. The molecule has 184 valence electrons. The second-order valence-electron chi connectivity index (χ2n) is 8.54. The van der Waals surface area contributed by atoms with Crippen molar-refractivity contribution in [2.75, 3.05) is 13.2 Å². The Morgan fingerprint density at radius 3 is 2.75 bits per heavy atom. The summed E-state index contributed by atoms with van der Waals surface area (Å²) in [6.07, 6.45) is 6.12. The lowest BCUT2D eigenvalue weighted by atomic mass is 10.1. The molecule has 0 N–H and O–H groups in total. The molecule has 4 aromatic heterocycles. The normalized spacial score (nSPS) is 16.1. The third kappa shape index (κ3) is 4.31. The summed E-state index contributed by atoms with van der Waals surface area (Å²) in [6, 6.07) is 8.14. The number of rotatable bonds is 5. The van der Waals surface area contributed by atoms with Gasteiger partial charge in [-0.25, -0.2) is 9.78 Å². The molecule has 1 atom stereocenters. The van der Waals surface area contributed by atoms with E-state index < -0.39 is 11.9 Å². The zero-order valence-electron chi connectivity index (χ0n) is 20.0. The van der Waals surface area contributed by atoms with Crippen molar-refractivity contribution in [1.82, 2.24) is 18.9 Å². The van der Waals surface area contributed by atoms with E-state index >= 15 is 0 Å². The van der Waals surface area contributed by atoms with Crippen molar-refractivity contribution in [3.05, 3.63) is 81.5 Å². The van der Waals surface area contributed by atoms with Gasteiger partial charge in [0, 0.05) is 30.8 Å². The lowest BCUT2D eigenvalue weighted by molar-refractivity contribution is 0.0521. The summed E-state index contributed by atoms with van der Waals surface area (Å²) in [7, 11) is 0. The van der Waals surface area contributed by atoms with E-state index in [4.69, 9.17) is 14.5 Å². The molecule has 1 aliphatic rings. The largest absolute Gasteiger partial charge is 0.462 e. The molecule has 1 saturated heterocycles. The maximum absolute atomic E-state index is 13.5. The Hall–Kier alpha value is -4.18. The number of fused-ring (bicyclic) bond motifs is 2. The number of carbonyl (C=O) groups is 2. The van der Waals surface area contributed by atoms with Gasteiger partial charge in [0.1, 0.15) is 16.9 Å². The molecule has 0 radical (unpaired) electrons. The molecule has 0 aliphatic carbocycles. The fourth-order valence-corrected chi connectivity index (χ4v) is 4.39. The van der Waals surface area contributed by atoms with Gasteiger partial charge in [-0.3, -0.25) is 19.0 Å². The second-order valence-corrected chi connectivity index (χ2v) is 8.54. The van der Waals surface area contributed by atoms with Crippen LogP contribution in [0.4, 0.5) is 0 Å². The first-order valence-electron chi connectivity index (χ1n) is 11.8. The van der Waals surface area contributed by atoms with Gasteiger partial charge in [0.25, 0.3) is 11.5 Å². The number of hydrogen-bond acceptors (Lipinski definition) is 7. The van der Waals surface area contributed by atoms with Gasteiger partial charge < -0.3 is 14.0 Å². The van der Waals surface area contributed by atoms with Crippen LogP contribution in [0.5, 0.6) is 0 Å². The summed E-state index contributed by atoms with van der Waals surface area (Å²) >= 11 is 0. The molecular formula is C26H25N5O5. The average Bonchev–Trinajstić information content (AvgIpc) is 3.40. The molecule has 5 rings (SSSR count). The van der Waals surface area contributed by atoms with Gasteiger partial charge in [0.05, 0.1) is 24.6 Å². The van der Waals surface area contributed by atoms with Crippen molar-refractivity contribution in [1.29, 1.82) is 0 Å². The summed E-state index contributed by atoms with van der Waals surface area (Å²) in [5.74, 6) is -1.24. The first-order valence-corrected chi connectivity index (χ1v) is 11.8. The Labute approximate surface area is 205 Å². The van der Waals surface area contributed by atoms with E-state index in [0.717, 1.165) is 18.4 Å². The van der Waals surface area contributed by atoms with E-state index in [2.05, 4.69) is 9.98 Å². The molecule has 5 heterocycles. The summed E-state index contributed by atoms with van der Waals surface area (Å²) in [4.78, 5) is 52.8. The maximum atomic E-state index is 13.5. The minimum atomic E-state index is -0.685. The summed E-state index contributed by atoms with van der Waals surface area (Å²) < 4.78 is 14.2. The zero-order valence-corrected chi connectivity index (χ0v) is 20.0. The molecule has 10 heteroatoms. The first-order chi connectivity index (χ1) is 17.5. The molecule has 36 heavy (non-hydrogen) atoms. The summed E-state index contributed by atoms with van der Waals surface area (Å²) in [5.41, 5.74) is 1.66. The number of aromatic nitrogens is 4. The van der Waals surface area contributed by atoms with Crippen LogP contribution < -0.4 is 11.0 Å². The maximum Gasteiger partial charge on any atom is 0.341 e. The first kappa shape index (κ1) is 23.6. The number of ether oxygens (including phenoxy) is 2. The van der Waals surface area contributed by atoms with Crippen molar-refractivity contribution in [3.8, 4) is 0 Å². The van der Waals surface area contributed by atoms with E-state index in [1.807, 2.05) is 13.0 Å². The Morgan fingerprint density at radius 1 is 1.22 bits per heavy atom. The van der Waals surface area contributed by atoms with Gasteiger partial charge in [-0.15, -0.1) is 0 Å². The van der Waals surface area contributed by atoms with Crippen molar-refractivity contribution >= 4 is 28.6 Å². The van der Waals surface area contributed by atoms with Crippen molar-refractivity contribution in [3.63, 3.8) is 0 Å². The fourth-order valence-electron chi connectivity index (χ4n) is 4.39. The van der Waals surface area contributed by atoms with Crippen LogP contribution in [0.15, 0.2) is 58.7 Å². The molecule has 10 nitrogen and oxygen atoms in total. The molecule has 4 aromatic rings. The molecule has 1 aliphatic heterocycles. The Bertz CT molecular complexity index is 1600. The monoisotopic (exact) mass is 487 g/mol. The van der Waals surface area contributed by atoms with Crippen molar-refractivity contribution in [2.24, 2.45) is 4.99 Å². The quantitative estimate of drug-likeness (QED) is 0.313. The standard InChI is InChI=1S/C26H25N5O5/c1-3-35-26(34)20-14-19-22(28-21-16(2)6-4-12-30(21)25(19)33)31(15-18-7-5-13-36-18)23(20)29-24(32)17-8-10-27-11-9-17/h4,6,8-12,14,18H,3,5,7,13,15H2,1-2H3/t18-/m1/s1. The number of amides is 1. The summed E-state index contributed by atoms with van der Waals surface area (Å²) in [6.45, 7) is 4.55. The summed E-state index contributed by atoms with van der Waals surface area (Å²) in [5, 5.41) is 0.217. The third-order valence-corrected chi connectivity index (χ3v) is 6.15. The number of esters is 1. The van der Waals surface area contributed by atoms with Crippen molar-refractivity contribution in [2.45, 2.75) is 39.3 Å². The number of pyridine rings is 3. The van der Waals surface area contributed by atoms with E-state index in [9.17, 15) is 14.4 Å². The number of carbonyl (C=O) groups excluding carboxylic acids is 2. The molecular weight excluding hydrogens is 462 g/mol. The van der Waals surface area contributed by atoms with Gasteiger partial charge in [-0.2, -0.15) is 4.99 Å². The number of nitrogens with zero attached hydrogens (tertiary/aromatic N) is 5. The zero-order chi connectivity index (χ0) is 25.2. The molecule has 0 spiro atoms. The van der Waals surface area contributed by atoms with Crippen LogP contribution in [0, 0.1) is 6.92 Å². The lowest BCUT2D eigenvalue weighted by Gasteiger charge is -2.18. The van der Waals surface area contributed by atoms with Crippen molar-refractivity contribution < 1.29 is 19.1 Å². The molecule has 1 amide bonds. The molecule has 0 aromatic carbocycles. The number of hydrogen-bond donors (Lipinski definition) is 0. The Balaban J connectivity index is 1.89. The van der Waals surface area contributed by atoms with Crippen LogP contribution in [-0.4, -0.2) is 50.1 Å². The molecule has 0 saturated carbocycles. The highest BCUT2D eigenvalue weighted by molar-refractivity contribution is 5.97. The highest BCUT2D eigenvalue weighted by Crippen LogP contribution is 2.18. The topological polar surface area (TPSA) is 117 Å². The highest BCUT2D eigenvalue weighted by atomic mass is 16.5. The van der Waals surface area contributed by atoms with Crippen LogP contribution in [0.2, 0.25) is 0 Å². The molecule has 1 fully saturated rings. The van der Waals surface area contributed by atoms with Crippen LogP contribution in [-0.2, 0) is 16.0 Å². The van der Waals surface area contributed by atoms with Crippen LogP contribution in [0.25, 0.3) is 16.7 Å². The number of aryl methyl sites for hydroxylation is 1. The van der Waals surface area contributed by atoms with Gasteiger partial charge >= 0.3 is 5.97 Å². The van der Waals surface area contributed by atoms with Crippen LogP contribution in [0.3, 0.4) is 0 Å². The Kier molecular flexibility index (Phi) is 6.43. The second kappa shape index (κ2) is 9.82. The molecule has 0 bridgehead atoms.